The van der Waals surface area contributed by atoms with Gasteiger partial charge >= 0.3 is 0 Å². The number of hydrogen-bond acceptors (Lipinski definition) is 5. The summed E-state index contributed by atoms with van der Waals surface area (Å²) in [4.78, 5) is 15.5. The molecule has 0 atom stereocenters. The molecule has 2 aromatic heterocycles. The Balaban J connectivity index is 1.31. The topological polar surface area (TPSA) is 61.0 Å². The van der Waals surface area contributed by atoms with Crippen molar-refractivity contribution in [2.75, 3.05) is 0 Å². The quantitative estimate of drug-likeness (QED) is 0.190. The van der Waals surface area contributed by atoms with Crippen LogP contribution in [0, 0.1) is 0 Å². The minimum absolute atomic E-state index is 0.612. The predicted molar refractivity (Wildman–Crippen MR) is 201 cm³/mol. The van der Waals surface area contributed by atoms with Gasteiger partial charge in [0.15, 0.2) is 17.5 Å². The fraction of sp³-hybridized carbons (Fsp3) is 0.0217. The number of benzene rings is 7. The maximum Gasteiger partial charge on any atom is 0.164 e. The first kappa shape index (κ1) is 28.0. The predicted octanol–water partition coefficient (Wildman–Crippen LogP) is 11.2. The van der Waals surface area contributed by atoms with E-state index >= 15 is 0 Å². The van der Waals surface area contributed by atoms with Gasteiger partial charge in [0, 0.05) is 38.6 Å². The lowest BCUT2D eigenvalue weighted by Crippen LogP contribution is -2.32. The third-order valence-corrected chi connectivity index (χ3v) is 10.4. The average Bonchev–Trinajstić information content (AvgIpc) is 3.72. The van der Waals surface area contributed by atoms with Gasteiger partial charge in [-0.25, -0.2) is 15.0 Å². The summed E-state index contributed by atoms with van der Waals surface area (Å²) in [6.45, 7) is 0. The first-order chi connectivity index (χ1) is 25.3. The van der Waals surface area contributed by atoms with Crippen molar-refractivity contribution in [2.45, 2.75) is 5.41 Å². The highest BCUT2D eigenvalue weighted by Crippen LogP contribution is 2.64. The molecule has 3 heterocycles. The van der Waals surface area contributed by atoms with Crippen molar-refractivity contribution in [1.82, 2.24) is 15.0 Å². The van der Waals surface area contributed by atoms with Gasteiger partial charge < -0.3 is 9.15 Å². The molecule has 0 saturated heterocycles. The average molecular weight is 654 g/mol. The van der Waals surface area contributed by atoms with Crippen molar-refractivity contribution in [1.29, 1.82) is 0 Å². The zero-order chi connectivity index (χ0) is 33.5. The number of furan rings is 1. The van der Waals surface area contributed by atoms with Crippen molar-refractivity contribution in [3.63, 3.8) is 0 Å². The largest absolute Gasteiger partial charge is 0.457 e. The molecule has 238 valence electrons. The first-order valence-corrected chi connectivity index (χ1v) is 17.1. The highest BCUT2D eigenvalue weighted by atomic mass is 16.5. The molecular formula is C46H27N3O2. The zero-order valence-electron chi connectivity index (χ0n) is 27.2. The van der Waals surface area contributed by atoms with Gasteiger partial charge in [-0.2, -0.15) is 0 Å². The van der Waals surface area contributed by atoms with E-state index in [1.54, 1.807) is 0 Å². The molecule has 1 spiro atoms. The molecule has 0 amide bonds. The Morgan fingerprint density at radius 3 is 1.63 bits per heavy atom. The summed E-state index contributed by atoms with van der Waals surface area (Å²) < 4.78 is 13.2. The highest BCUT2D eigenvalue weighted by molar-refractivity contribution is 6.17. The van der Waals surface area contributed by atoms with Gasteiger partial charge in [-0.1, -0.05) is 140 Å². The summed E-state index contributed by atoms with van der Waals surface area (Å²) in [6.07, 6.45) is 0. The minimum atomic E-state index is -0.670. The lowest BCUT2D eigenvalue weighted by molar-refractivity contribution is 0.436. The van der Waals surface area contributed by atoms with E-state index in [9.17, 15) is 0 Å². The molecule has 7 aromatic carbocycles. The van der Waals surface area contributed by atoms with E-state index in [0.717, 1.165) is 77.9 Å². The van der Waals surface area contributed by atoms with Crippen LogP contribution >= 0.6 is 0 Å². The van der Waals surface area contributed by atoms with E-state index in [4.69, 9.17) is 24.1 Å². The summed E-state index contributed by atoms with van der Waals surface area (Å²) in [5, 5.41) is 2.15. The highest BCUT2D eigenvalue weighted by Gasteiger charge is 2.52. The molecule has 0 saturated carbocycles. The van der Waals surface area contributed by atoms with E-state index in [-0.39, 0.29) is 0 Å². The van der Waals surface area contributed by atoms with E-state index in [1.165, 1.54) is 5.56 Å². The molecule has 2 aliphatic rings. The van der Waals surface area contributed by atoms with Crippen LogP contribution in [0.4, 0.5) is 0 Å². The van der Waals surface area contributed by atoms with Crippen LogP contribution in [0.5, 0.6) is 11.5 Å². The van der Waals surface area contributed by atoms with E-state index in [2.05, 4.69) is 78.9 Å². The fourth-order valence-corrected chi connectivity index (χ4v) is 8.36. The second-order valence-electron chi connectivity index (χ2n) is 13.1. The van der Waals surface area contributed by atoms with E-state index in [0.29, 0.717) is 17.5 Å². The van der Waals surface area contributed by atoms with Crippen molar-refractivity contribution in [3.8, 4) is 56.8 Å². The van der Waals surface area contributed by atoms with Gasteiger partial charge in [0.2, 0.25) is 0 Å². The summed E-state index contributed by atoms with van der Waals surface area (Å²) in [6, 6.07) is 56.4. The Kier molecular flexibility index (Phi) is 5.81. The molecule has 5 nitrogen and oxygen atoms in total. The number of para-hydroxylation sites is 3. The minimum Gasteiger partial charge on any atom is -0.457 e. The molecule has 1 aliphatic heterocycles. The summed E-state index contributed by atoms with van der Waals surface area (Å²) in [5.74, 6) is 3.55. The number of rotatable bonds is 3. The van der Waals surface area contributed by atoms with Crippen molar-refractivity contribution < 1.29 is 9.15 Å². The van der Waals surface area contributed by atoms with Crippen molar-refractivity contribution in [3.05, 3.63) is 186 Å². The number of aromatic nitrogens is 3. The van der Waals surface area contributed by atoms with Gasteiger partial charge in [0.05, 0.1) is 5.41 Å². The Bertz CT molecular complexity index is 2740. The van der Waals surface area contributed by atoms with Gasteiger partial charge in [-0.3, -0.25) is 0 Å². The second-order valence-corrected chi connectivity index (χ2v) is 13.1. The van der Waals surface area contributed by atoms with Gasteiger partial charge in [-0.15, -0.1) is 0 Å². The van der Waals surface area contributed by atoms with Crippen LogP contribution in [0.15, 0.2) is 168 Å². The molecule has 51 heavy (non-hydrogen) atoms. The molecule has 9 aromatic rings. The van der Waals surface area contributed by atoms with Crippen LogP contribution in [-0.4, -0.2) is 15.0 Å². The number of ether oxygens (including phenoxy) is 1. The Labute approximate surface area is 293 Å². The molecule has 11 rings (SSSR count). The molecule has 1 aliphatic carbocycles. The van der Waals surface area contributed by atoms with Gasteiger partial charge in [0.25, 0.3) is 0 Å². The van der Waals surface area contributed by atoms with Crippen LogP contribution < -0.4 is 4.74 Å². The summed E-state index contributed by atoms with van der Waals surface area (Å²) in [7, 11) is 0. The smallest absolute Gasteiger partial charge is 0.164 e. The van der Waals surface area contributed by atoms with Crippen LogP contribution in [-0.2, 0) is 5.41 Å². The molecule has 0 fully saturated rings. The molecule has 5 heteroatoms. The monoisotopic (exact) mass is 653 g/mol. The third-order valence-electron chi connectivity index (χ3n) is 10.4. The lowest BCUT2D eigenvalue weighted by Gasteiger charge is -2.39. The molecular weight excluding hydrogens is 627 g/mol. The maximum atomic E-state index is 6.63. The molecule has 0 unspecified atom stereocenters. The van der Waals surface area contributed by atoms with Crippen molar-refractivity contribution in [2.24, 2.45) is 0 Å². The lowest BCUT2D eigenvalue weighted by atomic mass is 9.66. The fourth-order valence-electron chi connectivity index (χ4n) is 8.36. The van der Waals surface area contributed by atoms with Crippen molar-refractivity contribution >= 4 is 21.9 Å². The second kappa shape index (κ2) is 10.6. The molecule has 0 radical (unpaired) electrons. The maximum absolute atomic E-state index is 6.63. The van der Waals surface area contributed by atoms with Crippen LogP contribution in [0.2, 0.25) is 0 Å². The van der Waals surface area contributed by atoms with E-state index in [1.807, 2.05) is 84.9 Å². The zero-order valence-corrected chi connectivity index (χ0v) is 27.2. The third kappa shape index (κ3) is 3.88. The normalized spacial score (nSPS) is 13.4. The van der Waals surface area contributed by atoms with Gasteiger partial charge in [0.1, 0.15) is 22.7 Å². The van der Waals surface area contributed by atoms with Gasteiger partial charge in [-0.05, 0) is 46.5 Å². The summed E-state index contributed by atoms with van der Waals surface area (Å²) in [5.41, 5.74) is 10.5. The first-order valence-electron chi connectivity index (χ1n) is 17.1. The SMILES string of the molecule is c1ccc(-c2nc(-c3ccccc3)nc(-c3cccc4c3-c3c(ccc5oc6ccccc6c35)C43c4ccccc4Oc4ccccc43)n2)cc1. The molecule has 0 N–H and O–H groups in total. The Morgan fingerprint density at radius 1 is 0.392 bits per heavy atom. The molecule has 0 bridgehead atoms. The Hall–Kier alpha value is -6.85. The van der Waals surface area contributed by atoms with Crippen LogP contribution in [0.1, 0.15) is 22.3 Å². The number of fused-ring (bicyclic) bond motifs is 13. The van der Waals surface area contributed by atoms with Crippen LogP contribution in [0.3, 0.4) is 0 Å². The van der Waals surface area contributed by atoms with E-state index < -0.39 is 5.41 Å². The summed E-state index contributed by atoms with van der Waals surface area (Å²) >= 11 is 0. The standard InChI is InChI=1S/C46H27N3O2/c1-3-14-28(15-4-1)43-47-44(29-16-5-2-6-17-29)49-45(48-43)31-19-13-22-34-40(31)42-35(26-27-39-41(42)30-18-7-10-23-36(30)50-39)46(34)32-20-8-11-24-37(32)51-38-25-12-9-21-33(38)46/h1-27H. The number of nitrogens with zero attached hydrogens (tertiary/aromatic N) is 3. The van der Waals surface area contributed by atoms with Crippen LogP contribution in [0.25, 0.3) is 67.2 Å². The Morgan fingerprint density at radius 2 is 0.941 bits per heavy atom. The number of hydrogen-bond donors (Lipinski definition) is 0.